The molecule has 1 saturated heterocycles. The summed E-state index contributed by atoms with van der Waals surface area (Å²) in [6, 6.07) is 7.50. The summed E-state index contributed by atoms with van der Waals surface area (Å²) in [6.07, 6.45) is 3.78. The van der Waals surface area contributed by atoms with E-state index in [2.05, 4.69) is 20.2 Å². The molecule has 0 spiro atoms. The molecule has 1 aromatic heterocycles. The number of nitrogens with one attached hydrogen (secondary N) is 1. The zero-order valence-electron chi connectivity index (χ0n) is 13.4. The molecule has 0 radical (unpaired) electrons. The maximum Gasteiger partial charge on any atom is 0.271 e. The standard InChI is InChI=1S/C17H20N4O3/c1-24-13-4-2-12(3-5-13)9-21-10-15(16(22)11-21)20-17(23)14-8-18-6-7-19-14/h2-8,15-16,22H,9-11H2,1H3,(H,20,23)/t15-,16-/m1/s1. The molecule has 2 N–H and O–H groups in total. The fourth-order valence-corrected chi connectivity index (χ4v) is 2.78. The van der Waals surface area contributed by atoms with Crippen molar-refractivity contribution in [1.82, 2.24) is 20.2 Å². The van der Waals surface area contributed by atoms with Crippen LogP contribution in [-0.4, -0.2) is 58.2 Å². The Kier molecular flexibility index (Phi) is 5.02. The van der Waals surface area contributed by atoms with Crippen LogP contribution >= 0.6 is 0 Å². The first-order valence-corrected chi connectivity index (χ1v) is 7.76. The Morgan fingerprint density at radius 3 is 2.79 bits per heavy atom. The van der Waals surface area contributed by atoms with E-state index in [1.807, 2.05) is 24.3 Å². The number of benzene rings is 1. The van der Waals surface area contributed by atoms with Crippen LogP contribution in [0.2, 0.25) is 0 Å². The van der Waals surface area contributed by atoms with Gasteiger partial charge in [0.05, 0.1) is 25.5 Å². The summed E-state index contributed by atoms with van der Waals surface area (Å²) in [5, 5.41) is 13.0. The highest BCUT2D eigenvalue weighted by Gasteiger charge is 2.32. The minimum Gasteiger partial charge on any atom is -0.497 e. The minimum absolute atomic E-state index is 0.248. The van der Waals surface area contributed by atoms with Gasteiger partial charge in [-0.3, -0.25) is 14.7 Å². The van der Waals surface area contributed by atoms with Crippen molar-refractivity contribution in [3.63, 3.8) is 0 Å². The Morgan fingerprint density at radius 1 is 1.33 bits per heavy atom. The van der Waals surface area contributed by atoms with E-state index in [0.717, 1.165) is 11.3 Å². The molecular formula is C17H20N4O3. The predicted octanol–water partition coefficient (Wildman–Crippen LogP) is 0.460. The molecule has 1 fully saturated rings. The van der Waals surface area contributed by atoms with E-state index in [4.69, 9.17) is 4.74 Å². The van der Waals surface area contributed by atoms with Gasteiger partial charge in [0.1, 0.15) is 11.4 Å². The summed E-state index contributed by atoms with van der Waals surface area (Å²) in [4.78, 5) is 22.1. The number of aliphatic hydroxyl groups is 1. The molecule has 2 atom stereocenters. The summed E-state index contributed by atoms with van der Waals surface area (Å²) in [7, 11) is 1.64. The number of hydrogen-bond acceptors (Lipinski definition) is 6. The first-order chi connectivity index (χ1) is 11.7. The summed E-state index contributed by atoms with van der Waals surface area (Å²) >= 11 is 0. The highest BCUT2D eigenvalue weighted by atomic mass is 16.5. The van der Waals surface area contributed by atoms with Crippen molar-refractivity contribution in [2.24, 2.45) is 0 Å². The summed E-state index contributed by atoms with van der Waals surface area (Å²) < 4.78 is 5.15. The van der Waals surface area contributed by atoms with Crippen LogP contribution in [0.25, 0.3) is 0 Å². The number of carbonyl (C=O) groups is 1. The second-order valence-corrected chi connectivity index (χ2v) is 5.78. The largest absolute Gasteiger partial charge is 0.497 e. The normalized spacial score (nSPS) is 20.8. The number of aliphatic hydroxyl groups excluding tert-OH is 1. The van der Waals surface area contributed by atoms with Crippen LogP contribution in [0.5, 0.6) is 5.75 Å². The van der Waals surface area contributed by atoms with Gasteiger partial charge < -0.3 is 15.2 Å². The fourth-order valence-electron chi connectivity index (χ4n) is 2.78. The van der Waals surface area contributed by atoms with Gasteiger partial charge in [-0.25, -0.2) is 4.98 Å². The van der Waals surface area contributed by atoms with Gasteiger partial charge in [-0.1, -0.05) is 12.1 Å². The van der Waals surface area contributed by atoms with Crippen LogP contribution in [0.1, 0.15) is 16.1 Å². The number of likely N-dealkylation sites (tertiary alicyclic amines) is 1. The lowest BCUT2D eigenvalue weighted by molar-refractivity contribution is 0.0883. The van der Waals surface area contributed by atoms with Crippen LogP contribution in [0.3, 0.4) is 0 Å². The molecule has 24 heavy (non-hydrogen) atoms. The van der Waals surface area contributed by atoms with Crippen molar-refractivity contribution in [3.8, 4) is 5.75 Å². The number of β-amino-alcohol motifs (C(OH)–C–C–N with tert-alkyl or cyclic N) is 1. The molecule has 2 aromatic rings. The maximum atomic E-state index is 12.1. The molecule has 0 unspecified atom stereocenters. The van der Waals surface area contributed by atoms with E-state index in [0.29, 0.717) is 19.6 Å². The molecule has 1 amide bonds. The molecule has 7 nitrogen and oxygen atoms in total. The summed E-state index contributed by atoms with van der Waals surface area (Å²) in [5.74, 6) is 0.493. The molecule has 1 aliphatic heterocycles. The molecule has 1 aromatic carbocycles. The zero-order chi connectivity index (χ0) is 16.9. The average Bonchev–Trinajstić information content (AvgIpc) is 2.95. The van der Waals surface area contributed by atoms with Crippen molar-refractivity contribution in [1.29, 1.82) is 0 Å². The lowest BCUT2D eigenvalue weighted by Crippen LogP contribution is -2.43. The van der Waals surface area contributed by atoms with Crippen molar-refractivity contribution in [2.75, 3.05) is 20.2 Å². The Labute approximate surface area is 140 Å². The van der Waals surface area contributed by atoms with E-state index in [-0.39, 0.29) is 17.6 Å². The van der Waals surface area contributed by atoms with Crippen LogP contribution < -0.4 is 10.1 Å². The second-order valence-electron chi connectivity index (χ2n) is 5.78. The summed E-state index contributed by atoms with van der Waals surface area (Å²) in [6.45, 7) is 1.80. The number of nitrogens with zero attached hydrogens (tertiary/aromatic N) is 3. The molecule has 7 heteroatoms. The number of ether oxygens (including phenoxy) is 1. The third-order valence-corrected chi connectivity index (χ3v) is 4.04. The zero-order valence-corrected chi connectivity index (χ0v) is 13.4. The Balaban J connectivity index is 1.57. The number of methoxy groups -OCH3 is 1. The van der Waals surface area contributed by atoms with Crippen molar-refractivity contribution >= 4 is 5.91 Å². The number of rotatable bonds is 5. The SMILES string of the molecule is COc1ccc(CN2C[C@@H](O)[C@H](NC(=O)c3cnccn3)C2)cc1. The van der Waals surface area contributed by atoms with Gasteiger partial charge >= 0.3 is 0 Å². The molecular weight excluding hydrogens is 308 g/mol. The average molecular weight is 328 g/mol. The fraction of sp³-hybridized carbons (Fsp3) is 0.353. The van der Waals surface area contributed by atoms with Gasteiger partial charge in [0.25, 0.3) is 5.91 Å². The number of hydrogen-bond donors (Lipinski definition) is 2. The van der Waals surface area contributed by atoms with Gasteiger partial charge in [-0.15, -0.1) is 0 Å². The van der Waals surface area contributed by atoms with E-state index in [1.165, 1.54) is 18.6 Å². The van der Waals surface area contributed by atoms with Crippen LogP contribution in [0.15, 0.2) is 42.9 Å². The van der Waals surface area contributed by atoms with Gasteiger partial charge in [0.15, 0.2) is 0 Å². The van der Waals surface area contributed by atoms with E-state index in [9.17, 15) is 9.90 Å². The monoisotopic (exact) mass is 328 g/mol. The van der Waals surface area contributed by atoms with Crippen LogP contribution in [0.4, 0.5) is 0 Å². The molecule has 0 saturated carbocycles. The van der Waals surface area contributed by atoms with E-state index < -0.39 is 6.10 Å². The third kappa shape index (κ3) is 3.87. The third-order valence-electron chi connectivity index (χ3n) is 4.04. The van der Waals surface area contributed by atoms with E-state index in [1.54, 1.807) is 7.11 Å². The maximum absolute atomic E-state index is 12.1. The minimum atomic E-state index is -0.608. The van der Waals surface area contributed by atoms with Crippen molar-refractivity contribution in [2.45, 2.75) is 18.7 Å². The molecule has 1 aliphatic rings. The lowest BCUT2D eigenvalue weighted by atomic mass is 10.2. The molecule has 3 rings (SSSR count). The Morgan fingerprint density at radius 2 is 2.12 bits per heavy atom. The number of carbonyl (C=O) groups excluding carboxylic acids is 1. The smallest absolute Gasteiger partial charge is 0.271 e. The summed E-state index contributed by atoms with van der Waals surface area (Å²) in [5.41, 5.74) is 1.38. The van der Waals surface area contributed by atoms with Crippen molar-refractivity contribution in [3.05, 3.63) is 54.1 Å². The Bertz CT molecular complexity index is 678. The van der Waals surface area contributed by atoms with Crippen molar-refractivity contribution < 1.29 is 14.6 Å². The first-order valence-electron chi connectivity index (χ1n) is 7.76. The van der Waals surface area contributed by atoms with Crippen LogP contribution in [-0.2, 0) is 6.54 Å². The van der Waals surface area contributed by atoms with Gasteiger partial charge in [0.2, 0.25) is 0 Å². The van der Waals surface area contributed by atoms with Gasteiger partial charge in [-0.2, -0.15) is 0 Å². The number of amides is 1. The first kappa shape index (κ1) is 16.4. The highest BCUT2D eigenvalue weighted by Crippen LogP contribution is 2.17. The predicted molar refractivity (Wildman–Crippen MR) is 87.6 cm³/mol. The molecule has 126 valence electrons. The van der Waals surface area contributed by atoms with Crippen LogP contribution in [0, 0.1) is 0 Å². The second kappa shape index (κ2) is 7.37. The van der Waals surface area contributed by atoms with Gasteiger partial charge in [0, 0.05) is 32.0 Å². The quantitative estimate of drug-likeness (QED) is 0.829. The lowest BCUT2D eigenvalue weighted by Gasteiger charge is -2.16. The van der Waals surface area contributed by atoms with E-state index >= 15 is 0 Å². The Hall–Kier alpha value is -2.51. The molecule has 2 heterocycles. The molecule has 0 aliphatic carbocycles. The number of aromatic nitrogens is 2. The molecule has 0 bridgehead atoms. The topological polar surface area (TPSA) is 87.6 Å². The highest BCUT2D eigenvalue weighted by molar-refractivity contribution is 5.92. The van der Waals surface area contributed by atoms with Gasteiger partial charge in [-0.05, 0) is 17.7 Å².